The van der Waals surface area contributed by atoms with E-state index in [0.29, 0.717) is 11.8 Å². The summed E-state index contributed by atoms with van der Waals surface area (Å²) in [4.78, 5) is 12.1. The van der Waals surface area contributed by atoms with Crippen LogP contribution in [0, 0.1) is 0 Å². The SMILES string of the molecule is CCc1nn(C2CCCCC2)c2c1C(=O)CCC2. The summed E-state index contributed by atoms with van der Waals surface area (Å²) in [6.07, 6.45) is 10.1. The quantitative estimate of drug-likeness (QED) is 0.801. The molecule has 0 bridgehead atoms. The Bertz CT molecular complexity index is 455. The summed E-state index contributed by atoms with van der Waals surface area (Å²) < 4.78 is 2.23. The second-order valence-electron chi connectivity index (χ2n) is 5.64. The molecule has 18 heavy (non-hydrogen) atoms. The number of hydrogen-bond donors (Lipinski definition) is 0. The molecular weight excluding hydrogens is 224 g/mol. The van der Waals surface area contributed by atoms with Crippen molar-refractivity contribution >= 4 is 5.78 Å². The number of nitrogens with zero attached hydrogens (tertiary/aromatic N) is 2. The van der Waals surface area contributed by atoms with Crippen LogP contribution in [-0.2, 0) is 12.8 Å². The van der Waals surface area contributed by atoms with Crippen LogP contribution in [0.3, 0.4) is 0 Å². The van der Waals surface area contributed by atoms with E-state index in [0.717, 1.165) is 36.9 Å². The first kappa shape index (κ1) is 11.9. The maximum Gasteiger partial charge on any atom is 0.166 e. The number of ketones is 1. The van der Waals surface area contributed by atoms with E-state index in [-0.39, 0.29) is 0 Å². The minimum Gasteiger partial charge on any atom is -0.294 e. The first-order chi connectivity index (χ1) is 8.81. The molecule has 2 aliphatic rings. The Morgan fingerprint density at radius 3 is 2.67 bits per heavy atom. The molecule has 3 nitrogen and oxygen atoms in total. The minimum atomic E-state index is 0.329. The maximum absolute atomic E-state index is 12.1. The van der Waals surface area contributed by atoms with Gasteiger partial charge in [0.25, 0.3) is 0 Å². The number of hydrogen-bond acceptors (Lipinski definition) is 2. The molecule has 1 saturated carbocycles. The number of carbonyl (C=O) groups is 1. The minimum absolute atomic E-state index is 0.329. The van der Waals surface area contributed by atoms with Gasteiger partial charge >= 0.3 is 0 Å². The normalized spacial score (nSPS) is 21.1. The van der Waals surface area contributed by atoms with Gasteiger partial charge in [-0.3, -0.25) is 9.48 Å². The largest absolute Gasteiger partial charge is 0.294 e. The predicted molar refractivity (Wildman–Crippen MR) is 71.0 cm³/mol. The standard InChI is InChI=1S/C15H22N2O/c1-2-12-15-13(9-6-10-14(15)18)17(16-12)11-7-4-3-5-8-11/h11H,2-10H2,1H3. The first-order valence-corrected chi connectivity index (χ1v) is 7.44. The number of rotatable bonds is 2. The monoisotopic (exact) mass is 246 g/mol. The molecule has 1 aromatic heterocycles. The van der Waals surface area contributed by atoms with Gasteiger partial charge in [0.15, 0.2) is 5.78 Å². The van der Waals surface area contributed by atoms with E-state index in [1.165, 1.54) is 37.8 Å². The van der Waals surface area contributed by atoms with Gasteiger partial charge in [-0.05, 0) is 32.1 Å². The molecular formula is C15H22N2O. The zero-order valence-electron chi connectivity index (χ0n) is 11.2. The molecule has 1 heterocycles. The van der Waals surface area contributed by atoms with E-state index >= 15 is 0 Å². The number of aryl methyl sites for hydroxylation is 1. The van der Waals surface area contributed by atoms with E-state index in [9.17, 15) is 4.79 Å². The first-order valence-electron chi connectivity index (χ1n) is 7.44. The van der Waals surface area contributed by atoms with Crippen LogP contribution in [0.2, 0.25) is 0 Å². The van der Waals surface area contributed by atoms with E-state index in [2.05, 4.69) is 11.6 Å². The van der Waals surface area contributed by atoms with E-state index in [4.69, 9.17) is 5.10 Å². The molecule has 0 N–H and O–H groups in total. The van der Waals surface area contributed by atoms with Crippen molar-refractivity contribution in [2.24, 2.45) is 0 Å². The van der Waals surface area contributed by atoms with Gasteiger partial charge in [-0.15, -0.1) is 0 Å². The molecule has 98 valence electrons. The molecule has 0 saturated heterocycles. The number of Topliss-reactive ketones (excluding diaryl/α,β-unsaturated/α-hetero) is 1. The Hall–Kier alpha value is -1.12. The van der Waals surface area contributed by atoms with E-state index in [1.807, 2.05) is 0 Å². The van der Waals surface area contributed by atoms with Gasteiger partial charge in [-0.2, -0.15) is 5.10 Å². The van der Waals surface area contributed by atoms with Crippen LogP contribution in [0.4, 0.5) is 0 Å². The van der Waals surface area contributed by atoms with Gasteiger partial charge < -0.3 is 0 Å². The van der Waals surface area contributed by atoms with Gasteiger partial charge in [0, 0.05) is 12.1 Å². The predicted octanol–water partition coefficient (Wildman–Crippen LogP) is 3.47. The highest BCUT2D eigenvalue weighted by Crippen LogP contribution is 2.33. The van der Waals surface area contributed by atoms with E-state index in [1.54, 1.807) is 0 Å². The third-order valence-corrected chi connectivity index (χ3v) is 4.43. The van der Waals surface area contributed by atoms with Crippen LogP contribution < -0.4 is 0 Å². The lowest BCUT2D eigenvalue weighted by Crippen LogP contribution is -2.19. The van der Waals surface area contributed by atoms with Crippen molar-refractivity contribution < 1.29 is 4.79 Å². The average Bonchev–Trinajstić information content (AvgIpc) is 2.80. The molecule has 0 spiro atoms. The van der Waals surface area contributed by atoms with Crippen molar-refractivity contribution in [2.75, 3.05) is 0 Å². The zero-order chi connectivity index (χ0) is 12.5. The lowest BCUT2D eigenvalue weighted by Gasteiger charge is -2.25. The maximum atomic E-state index is 12.1. The summed E-state index contributed by atoms with van der Waals surface area (Å²) in [5.74, 6) is 0.329. The van der Waals surface area contributed by atoms with Gasteiger partial charge in [-0.25, -0.2) is 0 Å². The van der Waals surface area contributed by atoms with Crippen molar-refractivity contribution in [3.8, 4) is 0 Å². The highest BCUT2D eigenvalue weighted by molar-refractivity contribution is 5.99. The Morgan fingerprint density at radius 2 is 1.94 bits per heavy atom. The molecule has 2 aliphatic carbocycles. The molecule has 0 radical (unpaired) electrons. The number of carbonyl (C=O) groups excluding carboxylic acids is 1. The third kappa shape index (κ3) is 1.90. The van der Waals surface area contributed by atoms with Crippen LogP contribution in [0.1, 0.15) is 79.7 Å². The van der Waals surface area contributed by atoms with Crippen LogP contribution in [0.15, 0.2) is 0 Å². The molecule has 3 heteroatoms. The lowest BCUT2D eigenvalue weighted by molar-refractivity contribution is 0.0970. The highest BCUT2D eigenvalue weighted by atomic mass is 16.1. The fourth-order valence-corrected chi connectivity index (χ4v) is 3.50. The van der Waals surface area contributed by atoms with Crippen molar-refractivity contribution in [1.29, 1.82) is 0 Å². The van der Waals surface area contributed by atoms with Crippen molar-refractivity contribution in [1.82, 2.24) is 9.78 Å². The molecule has 0 aromatic carbocycles. The molecule has 0 unspecified atom stereocenters. The van der Waals surface area contributed by atoms with Crippen LogP contribution in [-0.4, -0.2) is 15.6 Å². The van der Waals surface area contributed by atoms with Crippen LogP contribution in [0.25, 0.3) is 0 Å². The van der Waals surface area contributed by atoms with Crippen LogP contribution >= 0.6 is 0 Å². The zero-order valence-corrected chi connectivity index (χ0v) is 11.2. The Labute approximate surface area is 109 Å². The fourth-order valence-electron chi connectivity index (χ4n) is 3.50. The van der Waals surface area contributed by atoms with Gasteiger partial charge in [0.1, 0.15) is 0 Å². The summed E-state index contributed by atoms with van der Waals surface area (Å²) in [6, 6.07) is 0.554. The van der Waals surface area contributed by atoms with Gasteiger partial charge in [0.2, 0.25) is 0 Å². The molecule has 1 fully saturated rings. The highest BCUT2D eigenvalue weighted by Gasteiger charge is 2.29. The third-order valence-electron chi connectivity index (χ3n) is 4.43. The second-order valence-corrected chi connectivity index (χ2v) is 5.64. The number of fused-ring (bicyclic) bond motifs is 1. The summed E-state index contributed by atoms with van der Waals surface area (Å²) in [5.41, 5.74) is 3.27. The van der Waals surface area contributed by atoms with Gasteiger partial charge in [-0.1, -0.05) is 26.2 Å². The topological polar surface area (TPSA) is 34.9 Å². The summed E-state index contributed by atoms with van der Waals surface area (Å²) in [5, 5.41) is 4.78. The lowest BCUT2D eigenvalue weighted by atomic mass is 9.92. The molecule has 3 rings (SSSR count). The second kappa shape index (κ2) is 4.87. The Kier molecular flexibility index (Phi) is 3.23. The van der Waals surface area contributed by atoms with Crippen molar-refractivity contribution in [3.05, 3.63) is 17.0 Å². The Balaban J connectivity index is 2.01. The molecule has 0 aliphatic heterocycles. The molecule has 0 amide bonds. The fraction of sp³-hybridized carbons (Fsp3) is 0.733. The average molecular weight is 246 g/mol. The van der Waals surface area contributed by atoms with E-state index < -0.39 is 0 Å². The molecule has 0 atom stereocenters. The molecule has 1 aromatic rings. The van der Waals surface area contributed by atoms with Gasteiger partial charge in [0.05, 0.1) is 17.3 Å². The summed E-state index contributed by atoms with van der Waals surface area (Å²) in [6.45, 7) is 2.11. The summed E-state index contributed by atoms with van der Waals surface area (Å²) >= 11 is 0. The van der Waals surface area contributed by atoms with Crippen LogP contribution in [0.5, 0.6) is 0 Å². The Morgan fingerprint density at radius 1 is 1.17 bits per heavy atom. The van der Waals surface area contributed by atoms with Crippen molar-refractivity contribution in [2.45, 2.75) is 70.8 Å². The summed E-state index contributed by atoms with van der Waals surface area (Å²) in [7, 11) is 0. The number of aromatic nitrogens is 2. The van der Waals surface area contributed by atoms with Crippen molar-refractivity contribution in [3.63, 3.8) is 0 Å². The smallest absolute Gasteiger partial charge is 0.166 e.